The second kappa shape index (κ2) is 12.3. The van der Waals surface area contributed by atoms with Gasteiger partial charge in [0.2, 0.25) is 0 Å². The summed E-state index contributed by atoms with van der Waals surface area (Å²) in [7, 11) is 0. The molecular formula is C32H33N5O4. The molecule has 2 heterocycles. The van der Waals surface area contributed by atoms with Gasteiger partial charge in [0.1, 0.15) is 0 Å². The van der Waals surface area contributed by atoms with Crippen LogP contribution in [0.15, 0.2) is 97.2 Å². The van der Waals surface area contributed by atoms with E-state index in [1.807, 2.05) is 79.7 Å². The van der Waals surface area contributed by atoms with E-state index in [0.717, 1.165) is 11.3 Å². The van der Waals surface area contributed by atoms with E-state index in [-0.39, 0.29) is 25.0 Å². The molecule has 0 saturated heterocycles. The second-order valence-electron chi connectivity index (χ2n) is 10.1. The summed E-state index contributed by atoms with van der Waals surface area (Å²) >= 11 is 0. The molecule has 41 heavy (non-hydrogen) atoms. The number of aryl methyl sites for hydroxylation is 1. The van der Waals surface area contributed by atoms with E-state index < -0.39 is 11.5 Å². The molecule has 210 valence electrons. The van der Waals surface area contributed by atoms with Crippen LogP contribution in [0.3, 0.4) is 0 Å². The number of hydrogen-bond donors (Lipinski definition) is 3. The van der Waals surface area contributed by atoms with Gasteiger partial charge in [-0.1, -0.05) is 72.8 Å². The summed E-state index contributed by atoms with van der Waals surface area (Å²) < 4.78 is 1.71. The first-order chi connectivity index (χ1) is 19.9. The molecule has 0 aliphatic carbocycles. The lowest BCUT2D eigenvalue weighted by molar-refractivity contribution is -0.139. The number of carbonyl (C=O) groups is 2. The molecule has 3 aromatic carbocycles. The Balaban J connectivity index is 1.26. The molecule has 1 aliphatic heterocycles. The molecule has 1 aliphatic rings. The molecule has 3 N–H and O–H groups in total. The maximum Gasteiger partial charge on any atom is 0.264 e. The smallest absolute Gasteiger partial charge is 0.264 e. The standard InChI is InChI=1S/C32H33N5O4/c1-23(9-7-8-19-36-22-27(18-20-38)34-35-36)32(41)28-12-5-6-13-29(28)37(31(32)40)21-24-14-16-26(17-15-24)33-30(39)25-10-3-2-4-11-25/h2-7,9-17,22-23,38,41H,8,18-21H2,1H3,(H,33,39)/b9-7+/t23-,32+/m1/s1. The van der Waals surface area contributed by atoms with E-state index in [1.54, 1.807) is 34.0 Å². The molecule has 2 amide bonds. The third-order valence-electron chi connectivity index (χ3n) is 7.33. The number of nitrogens with zero attached hydrogens (tertiary/aromatic N) is 4. The third kappa shape index (κ3) is 5.96. The largest absolute Gasteiger partial charge is 0.396 e. The molecule has 4 aromatic rings. The molecule has 2 atom stereocenters. The summed E-state index contributed by atoms with van der Waals surface area (Å²) in [6.07, 6.45) is 6.73. The monoisotopic (exact) mass is 551 g/mol. The molecule has 0 spiro atoms. The first-order valence-corrected chi connectivity index (χ1v) is 13.7. The number of allylic oxidation sites excluding steroid dienone is 1. The van der Waals surface area contributed by atoms with Crippen molar-refractivity contribution in [3.05, 3.63) is 120 Å². The van der Waals surface area contributed by atoms with Crippen LogP contribution in [0.2, 0.25) is 0 Å². The molecule has 0 saturated carbocycles. The van der Waals surface area contributed by atoms with Crippen LogP contribution in [-0.2, 0) is 29.9 Å². The summed E-state index contributed by atoms with van der Waals surface area (Å²) in [5, 5.41) is 31.8. The van der Waals surface area contributed by atoms with Gasteiger partial charge in [0, 0.05) is 48.5 Å². The zero-order valence-electron chi connectivity index (χ0n) is 22.9. The van der Waals surface area contributed by atoms with Crippen molar-refractivity contribution in [3.63, 3.8) is 0 Å². The fourth-order valence-corrected chi connectivity index (χ4v) is 5.05. The predicted molar refractivity (Wildman–Crippen MR) is 156 cm³/mol. The Kier molecular flexibility index (Phi) is 8.37. The summed E-state index contributed by atoms with van der Waals surface area (Å²) in [6, 6.07) is 23.7. The Labute approximate surface area is 238 Å². The fraction of sp³-hybridized carbons (Fsp3) is 0.250. The highest BCUT2D eigenvalue weighted by Crippen LogP contribution is 2.45. The van der Waals surface area contributed by atoms with Gasteiger partial charge in [-0.3, -0.25) is 14.3 Å². The number of benzene rings is 3. The van der Waals surface area contributed by atoms with E-state index >= 15 is 0 Å². The summed E-state index contributed by atoms with van der Waals surface area (Å²) in [5.41, 5.74) is 2.40. The predicted octanol–water partition coefficient (Wildman–Crippen LogP) is 4.08. The third-order valence-corrected chi connectivity index (χ3v) is 7.33. The Bertz CT molecular complexity index is 1530. The maximum absolute atomic E-state index is 13.8. The van der Waals surface area contributed by atoms with Crippen LogP contribution in [0.5, 0.6) is 0 Å². The minimum absolute atomic E-state index is 0.0273. The van der Waals surface area contributed by atoms with Crippen LogP contribution in [0.25, 0.3) is 0 Å². The van der Waals surface area contributed by atoms with Gasteiger partial charge in [-0.15, -0.1) is 5.10 Å². The number of rotatable bonds is 11. The van der Waals surface area contributed by atoms with Gasteiger partial charge in [-0.25, -0.2) is 0 Å². The highest BCUT2D eigenvalue weighted by molar-refractivity contribution is 6.07. The first kappa shape index (κ1) is 27.9. The van der Waals surface area contributed by atoms with Crippen LogP contribution in [0.4, 0.5) is 11.4 Å². The SMILES string of the molecule is C[C@H](/C=C/CCn1cc(CCO)nn1)[C@@]1(O)C(=O)N(Cc2ccc(NC(=O)c3ccccc3)cc2)c2ccccc21. The second-order valence-corrected chi connectivity index (χ2v) is 10.1. The number of nitrogens with one attached hydrogen (secondary N) is 1. The van der Waals surface area contributed by atoms with Crippen molar-refractivity contribution in [2.45, 2.75) is 38.5 Å². The van der Waals surface area contributed by atoms with Crippen LogP contribution in [-0.4, -0.2) is 43.6 Å². The van der Waals surface area contributed by atoms with E-state index in [2.05, 4.69) is 15.6 Å². The molecule has 0 unspecified atom stereocenters. The molecule has 9 nitrogen and oxygen atoms in total. The Morgan fingerprint density at radius 1 is 1.05 bits per heavy atom. The number of amides is 2. The average Bonchev–Trinajstić information content (AvgIpc) is 3.53. The number of aliphatic hydroxyl groups is 2. The molecule has 0 radical (unpaired) electrons. The van der Waals surface area contributed by atoms with Crippen molar-refractivity contribution in [2.24, 2.45) is 5.92 Å². The first-order valence-electron chi connectivity index (χ1n) is 13.7. The number of hydrogen-bond acceptors (Lipinski definition) is 6. The number of fused-ring (bicyclic) bond motifs is 1. The van der Waals surface area contributed by atoms with Crippen LogP contribution in [0, 0.1) is 5.92 Å². The Hall–Kier alpha value is -4.60. The molecule has 0 fully saturated rings. The maximum atomic E-state index is 13.8. The van der Waals surface area contributed by atoms with Gasteiger partial charge < -0.3 is 20.4 Å². The van der Waals surface area contributed by atoms with Crippen LogP contribution >= 0.6 is 0 Å². The number of para-hydroxylation sites is 1. The van der Waals surface area contributed by atoms with Crippen molar-refractivity contribution in [2.75, 3.05) is 16.8 Å². The van der Waals surface area contributed by atoms with E-state index in [1.165, 1.54) is 0 Å². The van der Waals surface area contributed by atoms with Crippen molar-refractivity contribution in [1.29, 1.82) is 0 Å². The average molecular weight is 552 g/mol. The van der Waals surface area contributed by atoms with E-state index in [0.29, 0.717) is 41.9 Å². The lowest BCUT2D eigenvalue weighted by Gasteiger charge is -2.27. The van der Waals surface area contributed by atoms with Gasteiger partial charge in [0.15, 0.2) is 5.60 Å². The number of anilines is 2. The van der Waals surface area contributed by atoms with Crippen molar-refractivity contribution in [3.8, 4) is 0 Å². The summed E-state index contributed by atoms with van der Waals surface area (Å²) in [5.74, 6) is -1.04. The Morgan fingerprint density at radius 2 is 1.78 bits per heavy atom. The topological polar surface area (TPSA) is 121 Å². The Morgan fingerprint density at radius 3 is 2.54 bits per heavy atom. The molecule has 5 rings (SSSR count). The van der Waals surface area contributed by atoms with Crippen LogP contribution in [0.1, 0.15) is 40.5 Å². The number of aliphatic hydroxyl groups excluding tert-OH is 1. The van der Waals surface area contributed by atoms with Gasteiger partial charge in [-0.2, -0.15) is 0 Å². The van der Waals surface area contributed by atoms with Crippen molar-refractivity contribution < 1.29 is 19.8 Å². The normalized spacial score (nSPS) is 17.1. The van der Waals surface area contributed by atoms with Gasteiger partial charge >= 0.3 is 0 Å². The molecule has 1 aromatic heterocycles. The van der Waals surface area contributed by atoms with Gasteiger partial charge in [0.05, 0.1) is 17.9 Å². The summed E-state index contributed by atoms with van der Waals surface area (Å²) in [6.45, 7) is 2.75. The number of carbonyl (C=O) groups excluding carboxylic acids is 2. The lowest BCUT2D eigenvalue weighted by Crippen LogP contribution is -2.44. The zero-order valence-corrected chi connectivity index (χ0v) is 22.9. The fourth-order valence-electron chi connectivity index (χ4n) is 5.05. The highest BCUT2D eigenvalue weighted by atomic mass is 16.3. The molecular weight excluding hydrogens is 518 g/mol. The highest BCUT2D eigenvalue weighted by Gasteiger charge is 2.52. The minimum atomic E-state index is -1.70. The van der Waals surface area contributed by atoms with Crippen molar-refractivity contribution >= 4 is 23.2 Å². The van der Waals surface area contributed by atoms with Gasteiger partial charge in [0.25, 0.3) is 11.8 Å². The quantitative estimate of drug-likeness (QED) is 0.242. The summed E-state index contributed by atoms with van der Waals surface area (Å²) in [4.78, 5) is 27.9. The molecule has 9 heteroatoms. The van der Waals surface area contributed by atoms with E-state index in [9.17, 15) is 14.7 Å². The minimum Gasteiger partial charge on any atom is -0.396 e. The zero-order chi connectivity index (χ0) is 28.8. The number of aromatic nitrogens is 3. The molecule has 0 bridgehead atoms. The van der Waals surface area contributed by atoms with Crippen molar-refractivity contribution in [1.82, 2.24) is 15.0 Å². The van der Waals surface area contributed by atoms with Crippen LogP contribution < -0.4 is 10.2 Å². The van der Waals surface area contributed by atoms with Gasteiger partial charge in [-0.05, 0) is 42.3 Å². The van der Waals surface area contributed by atoms with E-state index in [4.69, 9.17) is 5.11 Å². The lowest BCUT2D eigenvalue weighted by atomic mass is 9.83.